The van der Waals surface area contributed by atoms with Crippen LogP contribution in [0.5, 0.6) is 0 Å². The lowest BCUT2D eigenvalue weighted by Gasteiger charge is -2.21. The van der Waals surface area contributed by atoms with Crippen molar-refractivity contribution in [3.63, 3.8) is 0 Å². The van der Waals surface area contributed by atoms with Crippen molar-refractivity contribution < 1.29 is 14.3 Å². The van der Waals surface area contributed by atoms with E-state index in [1.54, 1.807) is 12.1 Å². The predicted molar refractivity (Wildman–Crippen MR) is 69.5 cm³/mol. The molecule has 1 fully saturated rings. The molecule has 0 unspecified atom stereocenters. The van der Waals surface area contributed by atoms with Gasteiger partial charge in [-0.1, -0.05) is 6.07 Å². The number of nitrogens with one attached hydrogen (secondary N) is 1. The molecule has 6 nitrogen and oxygen atoms in total. The van der Waals surface area contributed by atoms with Crippen LogP contribution in [0.2, 0.25) is 0 Å². The number of rotatable bonds is 4. The fourth-order valence-corrected chi connectivity index (χ4v) is 2.23. The third-order valence-electron chi connectivity index (χ3n) is 3.26. The predicted octanol–water partition coefficient (Wildman–Crippen LogP) is 1.19. The second kappa shape index (κ2) is 6.15. The summed E-state index contributed by atoms with van der Waals surface area (Å²) in [5, 5.41) is 11.8. The van der Waals surface area contributed by atoms with Crippen LogP contribution in [0.15, 0.2) is 24.4 Å². The fourth-order valence-electron chi connectivity index (χ4n) is 2.23. The second-order valence-electron chi connectivity index (χ2n) is 4.74. The molecule has 1 aromatic heterocycles. The van der Waals surface area contributed by atoms with Crippen molar-refractivity contribution in [2.45, 2.75) is 31.2 Å². The molecule has 1 aliphatic carbocycles. The van der Waals surface area contributed by atoms with Crippen LogP contribution in [0, 0.1) is 11.3 Å². The summed E-state index contributed by atoms with van der Waals surface area (Å²) in [5.74, 6) is -1.11. The minimum Gasteiger partial charge on any atom is -0.451 e. The number of esters is 1. The molecule has 2 rings (SSSR count). The Morgan fingerprint density at radius 1 is 1.40 bits per heavy atom. The van der Waals surface area contributed by atoms with Crippen molar-refractivity contribution in [1.82, 2.24) is 10.3 Å². The maximum atomic E-state index is 11.7. The maximum absolute atomic E-state index is 11.7. The molecular weight excluding hydrogens is 258 g/mol. The smallest absolute Gasteiger partial charge is 0.357 e. The second-order valence-corrected chi connectivity index (χ2v) is 4.74. The van der Waals surface area contributed by atoms with Gasteiger partial charge in [0.25, 0.3) is 5.91 Å². The van der Waals surface area contributed by atoms with Gasteiger partial charge in [-0.15, -0.1) is 0 Å². The van der Waals surface area contributed by atoms with E-state index in [0.29, 0.717) is 12.8 Å². The Hall–Kier alpha value is -2.42. The van der Waals surface area contributed by atoms with Gasteiger partial charge in [-0.05, 0) is 37.8 Å². The van der Waals surface area contributed by atoms with Gasteiger partial charge in [-0.25, -0.2) is 9.78 Å². The standard InChI is InChI=1S/C14H15N3O3/c15-10-14(6-2-3-7-14)17-12(18)9-20-13(19)11-5-1-4-8-16-11/h1,4-5,8H,2-3,6-7,9H2,(H,17,18). The molecule has 1 aromatic rings. The molecule has 1 amide bonds. The van der Waals surface area contributed by atoms with Gasteiger partial charge in [-0.2, -0.15) is 5.26 Å². The number of carbonyl (C=O) groups excluding carboxylic acids is 2. The molecule has 1 N–H and O–H groups in total. The first kappa shape index (κ1) is 14.0. The van der Waals surface area contributed by atoms with E-state index in [9.17, 15) is 9.59 Å². The molecule has 0 radical (unpaired) electrons. The van der Waals surface area contributed by atoms with E-state index in [2.05, 4.69) is 16.4 Å². The third kappa shape index (κ3) is 3.32. The number of hydrogen-bond acceptors (Lipinski definition) is 5. The van der Waals surface area contributed by atoms with Crippen molar-refractivity contribution in [3.8, 4) is 6.07 Å². The molecule has 1 heterocycles. The monoisotopic (exact) mass is 273 g/mol. The first-order valence-corrected chi connectivity index (χ1v) is 6.46. The first-order valence-electron chi connectivity index (χ1n) is 6.46. The highest BCUT2D eigenvalue weighted by Crippen LogP contribution is 2.28. The molecule has 0 aliphatic heterocycles. The van der Waals surface area contributed by atoms with Gasteiger partial charge in [0.1, 0.15) is 11.2 Å². The van der Waals surface area contributed by atoms with Crippen LogP contribution < -0.4 is 5.32 Å². The average molecular weight is 273 g/mol. The summed E-state index contributed by atoms with van der Waals surface area (Å²) in [6, 6.07) is 6.99. The Morgan fingerprint density at radius 2 is 2.15 bits per heavy atom. The molecule has 0 saturated heterocycles. The highest BCUT2D eigenvalue weighted by molar-refractivity contribution is 5.89. The highest BCUT2D eigenvalue weighted by atomic mass is 16.5. The maximum Gasteiger partial charge on any atom is 0.357 e. The van der Waals surface area contributed by atoms with Crippen molar-refractivity contribution in [2.75, 3.05) is 6.61 Å². The van der Waals surface area contributed by atoms with Gasteiger partial charge in [0, 0.05) is 6.20 Å². The van der Waals surface area contributed by atoms with Crippen molar-refractivity contribution in [3.05, 3.63) is 30.1 Å². The normalized spacial score (nSPS) is 16.1. The summed E-state index contributed by atoms with van der Waals surface area (Å²) in [6.07, 6.45) is 4.59. The minimum absolute atomic E-state index is 0.149. The zero-order valence-electron chi connectivity index (χ0n) is 11.0. The van der Waals surface area contributed by atoms with Gasteiger partial charge < -0.3 is 10.1 Å². The zero-order valence-corrected chi connectivity index (χ0v) is 11.0. The van der Waals surface area contributed by atoms with Crippen LogP contribution in [0.25, 0.3) is 0 Å². The summed E-state index contributed by atoms with van der Waals surface area (Å²) in [4.78, 5) is 27.2. The van der Waals surface area contributed by atoms with Crippen LogP contribution >= 0.6 is 0 Å². The number of carbonyl (C=O) groups is 2. The largest absolute Gasteiger partial charge is 0.451 e. The van der Waals surface area contributed by atoms with E-state index in [-0.39, 0.29) is 5.69 Å². The molecule has 0 atom stereocenters. The van der Waals surface area contributed by atoms with E-state index in [4.69, 9.17) is 10.00 Å². The topological polar surface area (TPSA) is 92.1 Å². The molecule has 1 saturated carbocycles. The van der Waals surface area contributed by atoms with Crippen molar-refractivity contribution in [2.24, 2.45) is 0 Å². The first-order chi connectivity index (χ1) is 9.65. The number of amides is 1. The Bertz CT molecular complexity index is 530. The third-order valence-corrected chi connectivity index (χ3v) is 3.26. The lowest BCUT2D eigenvalue weighted by atomic mass is 10.00. The Balaban J connectivity index is 1.84. The van der Waals surface area contributed by atoms with E-state index < -0.39 is 24.0 Å². The lowest BCUT2D eigenvalue weighted by Crippen LogP contribution is -2.46. The van der Waals surface area contributed by atoms with Gasteiger partial charge >= 0.3 is 5.97 Å². The van der Waals surface area contributed by atoms with E-state index in [1.807, 2.05) is 0 Å². The van der Waals surface area contributed by atoms with Crippen LogP contribution in [0.3, 0.4) is 0 Å². The van der Waals surface area contributed by atoms with E-state index in [0.717, 1.165) is 12.8 Å². The average Bonchev–Trinajstić information content (AvgIpc) is 2.95. The molecule has 1 aliphatic rings. The fraction of sp³-hybridized carbons (Fsp3) is 0.429. The Labute approximate surface area is 116 Å². The molecule has 0 aromatic carbocycles. The molecule has 0 spiro atoms. The van der Waals surface area contributed by atoms with Gasteiger partial charge in [0.2, 0.25) is 0 Å². The van der Waals surface area contributed by atoms with Gasteiger partial charge in [-0.3, -0.25) is 4.79 Å². The van der Waals surface area contributed by atoms with E-state index in [1.165, 1.54) is 12.3 Å². The quantitative estimate of drug-likeness (QED) is 0.832. The highest BCUT2D eigenvalue weighted by Gasteiger charge is 2.35. The number of aromatic nitrogens is 1. The minimum atomic E-state index is -0.797. The summed E-state index contributed by atoms with van der Waals surface area (Å²) < 4.78 is 4.87. The summed E-state index contributed by atoms with van der Waals surface area (Å²) >= 11 is 0. The lowest BCUT2D eigenvalue weighted by molar-refractivity contribution is -0.125. The molecule has 0 bridgehead atoms. The zero-order chi connectivity index (χ0) is 14.4. The number of hydrogen-bond donors (Lipinski definition) is 1. The SMILES string of the molecule is N#CC1(NC(=O)COC(=O)c2ccccn2)CCCC1. The Morgan fingerprint density at radius 3 is 2.75 bits per heavy atom. The van der Waals surface area contributed by atoms with Gasteiger partial charge in [0.05, 0.1) is 6.07 Å². The van der Waals surface area contributed by atoms with Crippen LogP contribution in [-0.2, 0) is 9.53 Å². The molecule has 104 valence electrons. The molecule has 20 heavy (non-hydrogen) atoms. The van der Waals surface area contributed by atoms with Crippen LogP contribution in [-0.4, -0.2) is 29.0 Å². The van der Waals surface area contributed by atoms with Crippen LogP contribution in [0.1, 0.15) is 36.2 Å². The number of pyridine rings is 1. The van der Waals surface area contributed by atoms with Gasteiger partial charge in [0.15, 0.2) is 6.61 Å². The summed E-state index contributed by atoms with van der Waals surface area (Å²) in [6.45, 7) is -0.404. The van der Waals surface area contributed by atoms with Crippen molar-refractivity contribution in [1.29, 1.82) is 5.26 Å². The molecular formula is C14H15N3O3. The Kier molecular flexibility index (Phi) is 4.31. The number of nitriles is 1. The van der Waals surface area contributed by atoms with E-state index >= 15 is 0 Å². The summed E-state index contributed by atoms with van der Waals surface area (Å²) in [5.41, 5.74) is -0.648. The number of nitrogens with zero attached hydrogens (tertiary/aromatic N) is 2. The van der Waals surface area contributed by atoms with Crippen molar-refractivity contribution >= 4 is 11.9 Å². The van der Waals surface area contributed by atoms with Crippen LogP contribution in [0.4, 0.5) is 0 Å². The summed E-state index contributed by atoms with van der Waals surface area (Å²) in [7, 11) is 0. The molecule has 6 heteroatoms. The number of ether oxygens (including phenoxy) is 1.